The molecule has 2 rings (SSSR count). The first kappa shape index (κ1) is 15.2. The molecule has 0 saturated carbocycles. The Morgan fingerprint density at radius 1 is 1.25 bits per heavy atom. The summed E-state index contributed by atoms with van der Waals surface area (Å²) >= 11 is 0. The fourth-order valence-electron chi connectivity index (χ4n) is 2.64. The van der Waals surface area contributed by atoms with Gasteiger partial charge in [-0.05, 0) is 25.7 Å². The highest BCUT2D eigenvalue weighted by Gasteiger charge is 2.30. The minimum absolute atomic E-state index is 0.0390. The molecule has 1 amide bonds. The number of ether oxygens (including phenoxy) is 1. The number of carboxylic acids is 1. The third kappa shape index (κ3) is 4.43. The molecule has 2 atom stereocenters. The van der Waals surface area contributed by atoms with Crippen LogP contribution in [0.4, 0.5) is 0 Å². The number of rotatable bonds is 5. The molecule has 0 aliphatic carbocycles. The lowest BCUT2D eigenvalue weighted by atomic mass is 10.1. The summed E-state index contributed by atoms with van der Waals surface area (Å²) in [7, 11) is 0. The van der Waals surface area contributed by atoms with E-state index in [2.05, 4.69) is 10.2 Å². The topological polar surface area (TPSA) is 105 Å². The van der Waals surface area contributed by atoms with Crippen LogP contribution in [0.3, 0.4) is 0 Å². The molecule has 2 saturated heterocycles. The number of carbonyl (C=O) groups is 2. The van der Waals surface area contributed by atoms with Gasteiger partial charge < -0.3 is 20.9 Å². The van der Waals surface area contributed by atoms with E-state index in [1.807, 2.05) is 0 Å². The maximum atomic E-state index is 11.8. The summed E-state index contributed by atoms with van der Waals surface area (Å²) in [5, 5.41) is 11.6. The number of carboxylic acid groups (broad SMARTS) is 1. The van der Waals surface area contributed by atoms with Crippen LogP contribution in [0.5, 0.6) is 0 Å². The van der Waals surface area contributed by atoms with Crippen LogP contribution in [-0.4, -0.2) is 66.3 Å². The normalized spacial score (nSPS) is 28.4. The van der Waals surface area contributed by atoms with Gasteiger partial charge in [0.1, 0.15) is 0 Å². The van der Waals surface area contributed by atoms with E-state index >= 15 is 0 Å². The van der Waals surface area contributed by atoms with Gasteiger partial charge in [-0.15, -0.1) is 0 Å². The monoisotopic (exact) mass is 285 g/mol. The molecule has 0 spiro atoms. The Balaban J connectivity index is 1.62. The van der Waals surface area contributed by atoms with Crippen LogP contribution < -0.4 is 11.1 Å². The molecule has 2 fully saturated rings. The largest absolute Gasteiger partial charge is 0.479 e. The smallest absolute Gasteiger partial charge is 0.332 e. The first-order chi connectivity index (χ1) is 9.54. The van der Waals surface area contributed by atoms with E-state index in [9.17, 15) is 9.59 Å². The maximum Gasteiger partial charge on any atom is 0.332 e. The quantitative estimate of drug-likeness (QED) is 0.608. The Morgan fingerprint density at radius 3 is 2.55 bits per heavy atom. The number of nitrogens with two attached hydrogens (primary N) is 1. The second-order valence-corrected chi connectivity index (χ2v) is 5.58. The zero-order chi connectivity index (χ0) is 14.5. The van der Waals surface area contributed by atoms with Crippen molar-refractivity contribution >= 4 is 11.9 Å². The number of hydrogen-bond donors (Lipinski definition) is 3. The summed E-state index contributed by atoms with van der Waals surface area (Å²) in [5.74, 6) is -0.966. The predicted molar refractivity (Wildman–Crippen MR) is 72.2 cm³/mol. The van der Waals surface area contributed by atoms with Gasteiger partial charge in [-0.3, -0.25) is 9.69 Å². The van der Waals surface area contributed by atoms with E-state index in [1.54, 1.807) is 0 Å². The van der Waals surface area contributed by atoms with E-state index in [0.717, 1.165) is 25.9 Å². The lowest BCUT2D eigenvalue weighted by Gasteiger charge is -2.29. The average Bonchev–Trinajstić information content (AvgIpc) is 2.88. The minimum atomic E-state index is -0.927. The molecular formula is C13H23N3O4. The Bertz CT molecular complexity index is 356. The van der Waals surface area contributed by atoms with Gasteiger partial charge in [-0.1, -0.05) is 0 Å². The summed E-state index contributed by atoms with van der Waals surface area (Å²) < 4.78 is 5.33. The van der Waals surface area contributed by atoms with Crippen LogP contribution in [0.1, 0.15) is 25.7 Å². The molecule has 7 heteroatoms. The molecule has 0 radical (unpaired) electrons. The van der Waals surface area contributed by atoms with Gasteiger partial charge in [-0.2, -0.15) is 0 Å². The number of nitrogens with zero attached hydrogens (tertiary/aromatic N) is 1. The predicted octanol–water partition coefficient (Wildman–Crippen LogP) is -0.842. The van der Waals surface area contributed by atoms with Gasteiger partial charge in [0, 0.05) is 25.7 Å². The summed E-state index contributed by atoms with van der Waals surface area (Å²) in [5.41, 5.74) is 5.81. The van der Waals surface area contributed by atoms with Gasteiger partial charge in [-0.25, -0.2) is 4.79 Å². The second-order valence-electron chi connectivity index (χ2n) is 5.58. The van der Waals surface area contributed by atoms with Crippen molar-refractivity contribution < 1.29 is 19.4 Å². The molecule has 2 aliphatic heterocycles. The van der Waals surface area contributed by atoms with Crippen LogP contribution >= 0.6 is 0 Å². The second kappa shape index (κ2) is 7.01. The highest BCUT2D eigenvalue weighted by Crippen LogP contribution is 2.19. The van der Waals surface area contributed by atoms with E-state index < -0.39 is 12.1 Å². The zero-order valence-electron chi connectivity index (χ0n) is 11.6. The summed E-state index contributed by atoms with van der Waals surface area (Å²) in [6.45, 7) is 2.48. The Kier molecular flexibility index (Phi) is 5.33. The molecule has 2 aliphatic rings. The first-order valence-electron chi connectivity index (χ1n) is 7.17. The zero-order valence-corrected chi connectivity index (χ0v) is 11.6. The van der Waals surface area contributed by atoms with Gasteiger partial charge in [0.25, 0.3) is 0 Å². The first-order valence-corrected chi connectivity index (χ1v) is 7.17. The molecule has 0 aromatic heterocycles. The summed E-state index contributed by atoms with van der Waals surface area (Å²) in [6.07, 6.45) is 2.14. The van der Waals surface area contributed by atoms with Crippen molar-refractivity contribution in [1.29, 1.82) is 0 Å². The van der Waals surface area contributed by atoms with E-state index in [4.69, 9.17) is 15.6 Å². The van der Waals surface area contributed by atoms with Gasteiger partial charge >= 0.3 is 5.97 Å². The lowest BCUT2D eigenvalue weighted by molar-refractivity contribution is -0.149. The van der Waals surface area contributed by atoms with Crippen LogP contribution in [0.15, 0.2) is 0 Å². The van der Waals surface area contributed by atoms with Gasteiger partial charge in [0.15, 0.2) is 6.10 Å². The third-order valence-electron chi connectivity index (χ3n) is 3.91. The standard InChI is InChI=1S/C13H23N3O4/c14-9-3-5-16(6-4-9)8-12(17)15-7-10-1-2-11(20-10)13(18)19/h9-11H,1-8,14H2,(H,15,17)(H,18,19). The molecule has 0 aromatic carbocycles. The van der Waals surface area contributed by atoms with Gasteiger partial charge in [0.05, 0.1) is 12.6 Å². The molecule has 114 valence electrons. The number of likely N-dealkylation sites (tertiary alicyclic amines) is 1. The number of piperidine rings is 1. The number of aliphatic carboxylic acids is 1. The molecule has 20 heavy (non-hydrogen) atoms. The number of hydrogen-bond acceptors (Lipinski definition) is 5. The van der Waals surface area contributed by atoms with Crippen molar-refractivity contribution in [2.75, 3.05) is 26.2 Å². The molecule has 0 bridgehead atoms. The number of amides is 1. The maximum absolute atomic E-state index is 11.8. The van der Waals surface area contributed by atoms with Gasteiger partial charge in [0.2, 0.25) is 5.91 Å². The van der Waals surface area contributed by atoms with Crippen LogP contribution in [0.25, 0.3) is 0 Å². The Morgan fingerprint density at radius 2 is 1.95 bits per heavy atom. The molecule has 2 heterocycles. The van der Waals surface area contributed by atoms with Crippen molar-refractivity contribution in [3.8, 4) is 0 Å². The van der Waals surface area contributed by atoms with Crippen molar-refractivity contribution in [1.82, 2.24) is 10.2 Å². The lowest BCUT2D eigenvalue weighted by Crippen LogP contribution is -2.45. The average molecular weight is 285 g/mol. The molecule has 4 N–H and O–H groups in total. The number of carbonyl (C=O) groups excluding carboxylic acids is 1. The van der Waals surface area contributed by atoms with E-state index in [0.29, 0.717) is 25.9 Å². The van der Waals surface area contributed by atoms with E-state index in [-0.39, 0.29) is 18.1 Å². The molecule has 0 aromatic rings. The van der Waals surface area contributed by atoms with Crippen molar-refractivity contribution in [3.05, 3.63) is 0 Å². The Hall–Kier alpha value is -1.18. The summed E-state index contributed by atoms with van der Waals surface area (Å²) in [6, 6.07) is 0.258. The number of nitrogens with one attached hydrogen (secondary N) is 1. The minimum Gasteiger partial charge on any atom is -0.479 e. The molecular weight excluding hydrogens is 262 g/mol. The third-order valence-corrected chi connectivity index (χ3v) is 3.91. The fourth-order valence-corrected chi connectivity index (χ4v) is 2.64. The van der Waals surface area contributed by atoms with Crippen LogP contribution in [-0.2, 0) is 14.3 Å². The SMILES string of the molecule is NC1CCN(CC(=O)NCC2CCC(C(=O)O)O2)CC1. The van der Waals surface area contributed by atoms with Crippen molar-refractivity contribution in [3.63, 3.8) is 0 Å². The van der Waals surface area contributed by atoms with Crippen molar-refractivity contribution in [2.45, 2.75) is 43.9 Å². The Labute approximate surface area is 118 Å². The molecule has 7 nitrogen and oxygen atoms in total. The van der Waals surface area contributed by atoms with Crippen molar-refractivity contribution in [2.24, 2.45) is 5.73 Å². The van der Waals surface area contributed by atoms with E-state index in [1.165, 1.54) is 0 Å². The van der Waals surface area contributed by atoms with Crippen LogP contribution in [0, 0.1) is 0 Å². The van der Waals surface area contributed by atoms with Crippen LogP contribution in [0.2, 0.25) is 0 Å². The fraction of sp³-hybridized carbons (Fsp3) is 0.846. The highest BCUT2D eigenvalue weighted by atomic mass is 16.5. The summed E-state index contributed by atoms with van der Waals surface area (Å²) in [4.78, 5) is 24.6. The molecule has 2 unspecified atom stereocenters. The highest BCUT2D eigenvalue weighted by molar-refractivity contribution is 5.78.